The van der Waals surface area contributed by atoms with Gasteiger partial charge in [-0.05, 0) is 30.0 Å². The third-order valence-electron chi connectivity index (χ3n) is 2.96. The maximum atomic E-state index is 5.57. The van der Waals surface area contributed by atoms with Crippen molar-refractivity contribution >= 4 is 6.08 Å². The van der Waals surface area contributed by atoms with E-state index in [-0.39, 0.29) is 0 Å². The third kappa shape index (κ3) is 1.07. The lowest BCUT2D eigenvalue weighted by Gasteiger charge is -2.17. The summed E-state index contributed by atoms with van der Waals surface area (Å²) in [5.74, 6) is 1.87. The molecule has 0 spiro atoms. The van der Waals surface area contributed by atoms with Crippen molar-refractivity contribution in [2.75, 3.05) is 6.61 Å². The number of hydrogen-bond acceptors (Lipinski definition) is 1. The lowest BCUT2D eigenvalue weighted by atomic mass is 9.88. The van der Waals surface area contributed by atoms with Crippen molar-refractivity contribution < 1.29 is 4.74 Å². The average Bonchev–Trinajstić information content (AvgIpc) is 2.61. The summed E-state index contributed by atoms with van der Waals surface area (Å²) < 4.78 is 5.57. The highest BCUT2D eigenvalue weighted by Gasteiger charge is 2.26. The Kier molecular flexibility index (Phi) is 1.45. The second kappa shape index (κ2) is 2.63. The van der Waals surface area contributed by atoms with E-state index in [2.05, 4.69) is 30.3 Å². The fourth-order valence-corrected chi connectivity index (χ4v) is 2.22. The molecule has 1 saturated heterocycles. The van der Waals surface area contributed by atoms with E-state index in [1.54, 1.807) is 0 Å². The maximum Gasteiger partial charge on any atom is 0.100 e. The zero-order valence-electron chi connectivity index (χ0n) is 7.49. The van der Waals surface area contributed by atoms with Gasteiger partial charge in [0.25, 0.3) is 0 Å². The van der Waals surface area contributed by atoms with E-state index < -0.39 is 0 Å². The zero-order valence-corrected chi connectivity index (χ0v) is 7.49. The van der Waals surface area contributed by atoms with Crippen molar-refractivity contribution in [1.29, 1.82) is 0 Å². The van der Waals surface area contributed by atoms with Crippen molar-refractivity contribution in [3.63, 3.8) is 0 Å². The molecule has 0 radical (unpaired) electrons. The highest BCUT2D eigenvalue weighted by atomic mass is 16.5. The molecule has 1 unspecified atom stereocenters. The smallest absolute Gasteiger partial charge is 0.100 e. The van der Waals surface area contributed by atoms with Gasteiger partial charge in [0.15, 0.2) is 0 Å². The number of rotatable bonds is 0. The predicted octanol–water partition coefficient (Wildman–Crippen LogP) is 2.62. The van der Waals surface area contributed by atoms with Gasteiger partial charge in [-0.1, -0.05) is 24.3 Å². The van der Waals surface area contributed by atoms with Gasteiger partial charge in [0.2, 0.25) is 0 Å². The van der Waals surface area contributed by atoms with Crippen LogP contribution in [0.5, 0.6) is 0 Å². The van der Waals surface area contributed by atoms with Gasteiger partial charge in [-0.3, -0.25) is 0 Å². The van der Waals surface area contributed by atoms with Gasteiger partial charge in [0.1, 0.15) is 5.76 Å². The zero-order chi connectivity index (χ0) is 8.67. The number of ether oxygens (including phenoxy) is 1. The van der Waals surface area contributed by atoms with Crippen LogP contribution in [0.1, 0.15) is 17.5 Å². The molecule has 13 heavy (non-hydrogen) atoms. The summed E-state index contributed by atoms with van der Waals surface area (Å²) in [4.78, 5) is 0. The molecule has 0 N–H and O–H groups in total. The van der Waals surface area contributed by atoms with E-state index in [0.29, 0.717) is 5.92 Å². The van der Waals surface area contributed by atoms with Crippen molar-refractivity contribution in [3.8, 4) is 0 Å². The van der Waals surface area contributed by atoms with Crippen molar-refractivity contribution in [2.45, 2.75) is 12.8 Å². The molecule has 1 aromatic carbocycles. The average molecular weight is 172 g/mol. The number of hydrogen-bond donors (Lipinski definition) is 0. The van der Waals surface area contributed by atoms with Crippen LogP contribution in [0.3, 0.4) is 0 Å². The van der Waals surface area contributed by atoms with E-state index in [1.807, 2.05) is 0 Å². The summed E-state index contributed by atoms with van der Waals surface area (Å²) in [6.07, 6.45) is 4.57. The largest absolute Gasteiger partial charge is 0.498 e. The van der Waals surface area contributed by atoms with E-state index in [4.69, 9.17) is 4.74 Å². The van der Waals surface area contributed by atoms with E-state index in [0.717, 1.165) is 6.61 Å². The molecule has 2 aliphatic rings. The molecule has 1 aliphatic heterocycles. The molecule has 0 amide bonds. The molecule has 1 heterocycles. The SMILES string of the molecule is C1=C2OCCC2Cc2ccccc21. The van der Waals surface area contributed by atoms with Crippen LogP contribution in [0.25, 0.3) is 6.08 Å². The lowest BCUT2D eigenvalue weighted by molar-refractivity contribution is 0.261. The van der Waals surface area contributed by atoms with Crippen LogP contribution in [0, 0.1) is 5.92 Å². The minimum atomic E-state index is 0.662. The summed E-state index contributed by atoms with van der Waals surface area (Å²) in [7, 11) is 0. The monoisotopic (exact) mass is 172 g/mol. The molecule has 1 aromatic rings. The molecule has 3 rings (SSSR count). The Labute approximate surface area is 78.0 Å². The Balaban J connectivity index is 2.10. The Morgan fingerprint density at radius 3 is 3.15 bits per heavy atom. The summed E-state index contributed by atoms with van der Waals surface area (Å²) in [5, 5.41) is 0. The fraction of sp³-hybridized carbons (Fsp3) is 0.333. The Hall–Kier alpha value is -1.24. The van der Waals surface area contributed by atoms with Gasteiger partial charge >= 0.3 is 0 Å². The highest BCUT2D eigenvalue weighted by molar-refractivity contribution is 5.59. The highest BCUT2D eigenvalue weighted by Crippen LogP contribution is 2.35. The first-order chi connectivity index (χ1) is 6.43. The Morgan fingerprint density at radius 2 is 2.15 bits per heavy atom. The lowest BCUT2D eigenvalue weighted by Crippen LogP contribution is -2.08. The molecule has 1 nitrogen and oxygen atoms in total. The Morgan fingerprint density at radius 1 is 1.23 bits per heavy atom. The van der Waals surface area contributed by atoms with Crippen molar-refractivity contribution in [1.82, 2.24) is 0 Å². The quantitative estimate of drug-likeness (QED) is 0.584. The van der Waals surface area contributed by atoms with Crippen LogP contribution in [0.2, 0.25) is 0 Å². The van der Waals surface area contributed by atoms with Crippen molar-refractivity contribution in [3.05, 3.63) is 41.2 Å². The minimum absolute atomic E-state index is 0.662. The first kappa shape index (κ1) is 7.19. The standard InChI is InChI=1S/C12H12O/c1-2-4-10-8-12-11(5-6-13-12)7-9(10)3-1/h1-4,8,11H,5-7H2. The van der Waals surface area contributed by atoms with Crippen LogP contribution < -0.4 is 0 Å². The summed E-state index contributed by atoms with van der Waals surface area (Å²) in [6.45, 7) is 0.907. The topological polar surface area (TPSA) is 9.23 Å². The van der Waals surface area contributed by atoms with Crippen LogP contribution in [-0.2, 0) is 11.2 Å². The van der Waals surface area contributed by atoms with Crippen LogP contribution in [-0.4, -0.2) is 6.61 Å². The Bertz CT molecular complexity index is 365. The molecule has 1 fully saturated rings. The number of fused-ring (bicyclic) bond motifs is 2. The fourth-order valence-electron chi connectivity index (χ4n) is 2.22. The van der Waals surface area contributed by atoms with Crippen LogP contribution in [0.4, 0.5) is 0 Å². The van der Waals surface area contributed by atoms with Gasteiger partial charge < -0.3 is 4.74 Å². The molecule has 66 valence electrons. The van der Waals surface area contributed by atoms with Gasteiger partial charge in [-0.2, -0.15) is 0 Å². The maximum absolute atomic E-state index is 5.57. The second-order valence-corrected chi connectivity index (χ2v) is 3.78. The number of allylic oxidation sites excluding steroid dienone is 1. The molecular formula is C12H12O. The first-order valence-electron chi connectivity index (χ1n) is 4.86. The van der Waals surface area contributed by atoms with E-state index in [9.17, 15) is 0 Å². The van der Waals surface area contributed by atoms with Crippen molar-refractivity contribution in [2.24, 2.45) is 5.92 Å². The van der Waals surface area contributed by atoms with Crippen LogP contribution >= 0.6 is 0 Å². The molecule has 1 heteroatoms. The van der Waals surface area contributed by atoms with Gasteiger partial charge in [0.05, 0.1) is 6.61 Å². The molecule has 0 bridgehead atoms. The van der Waals surface area contributed by atoms with Gasteiger partial charge in [-0.15, -0.1) is 0 Å². The minimum Gasteiger partial charge on any atom is -0.498 e. The summed E-state index contributed by atoms with van der Waals surface area (Å²) >= 11 is 0. The van der Waals surface area contributed by atoms with E-state index >= 15 is 0 Å². The second-order valence-electron chi connectivity index (χ2n) is 3.78. The first-order valence-corrected chi connectivity index (χ1v) is 4.86. The molecule has 1 atom stereocenters. The summed E-state index contributed by atoms with van der Waals surface area (Å²) in [6, 6.07) is 8.60. The van der Waals surface area contributed by atoms with Crippen LogP contribution in [0.15, 0.2) is 30.0 Å². The van der Waals surface area contributed by atoms with Gasteiger partial charge in [-0.25, -0.2) is 0 Å². The molecule has 1 aliphatic carbocycles. The predicted molar refractivity (Wildman–Crippen MR) is 52.2 cm³/mol. The summed E-state index contributed by atoms with van der Waals surface area (Å²) in [5.41, 5.74) is 2.82. The van der Waals surface area contributed by atoms with E-state index in [1.165, 1.54) is 29.7 Å². The third-order valence-corrected chi connectivity index (χ3v) is 2.96. The molecule has 0 saturated carbocycles. The van der Waals surface area contributed by atoms with Gasteiger partial charge in [0, 0.05) is 5.92 Å². The normalized spacial score (nSPS) is 24.3. The molecule has 0 aromatic heterocycles. The molecular weight excluding hydrogens is 160 g/mol. The number of benzene rings is 1.